The molecule has 0 spiro atoms. The van der Waals surface area contributed by atoms with Gasteiger partial charge in [0.25, 0.3) is 0 Å². The summed E-state index contributed by atoms with van der Waals surface area (Å²) in [6.45, 7) is 13.0. The maximum absolute atomic E-state index is 4.64. The monoisotopic (exact) mass is 181 g/mol. The van der Waals surface area contributed by atoms with E-state index in [9.17, 15) is 0 Å². The molecule has 0 rings (SSSR count). The van der Waals surface area contributed by atoms with Gasteiger partial charge in [-0.05, 0) is 40.0 Å². The van der Waals surface area contributed by atoms with E-state index in [-0.39, 0.29) is 0 Å². The number of nitrogens with zero attached hydrogens (tertiary/aromatic N) is 1. The van der Waals surface area contributed by atoms with Gasteiger partial charge in [-0.15, -0.1) is 0 Å². The summed E-state index contributed by atoms with van der Waals surface area (Å²) in [4.78, 5) is 4.64. The molecule has 0 heterocycles. The lowest BCUT2D eigenvalue weighted by Crippen LogP contribution is -2.14. The Hall–Kier alpha value is -0.590. The molecule has 0 aliphatic rings. The smallest absolute Gasteiger partial charge is 0.0533 e. The fraction of sp³-hybridized carbons (Fsp3) is 0.750. The Balaban J connectivity index is 4.35. The highest BCUT2D eigenvalue weighted by Crippen LogP contribution is 2.16. The number of rotatable bonds is 4. The third kappa shape index (κ3) is 4.25. The molecule has 0 aromatic rings. The highest BCUT2D eigenvalue weighted by atomic mass is 14.8. The van der Waals surface area contributed by atoms with E-state index < -0.39 is 0 Å². The first-order chi connectivity index (χ1) is 6.02. The number of hydrogen-bond acceptors (Lipinski definition) is 1. The number of hydrogen-bond donors (Lipinski definition) is 0. The van der Waals surface area contributed by atoms with Crippen LogP contribution in [0, 0.1) is 5.92 Å². The lowest BCUT2D eigenvalue weighted by Gasteiger charge is -2.17. The second kappa shape index (κ2) is 5.95. The zero-order valence-electron chi connectivity index (χ0n) is 9.89. The van der Waals surface area contributed by atoms with Gasteiger partial charge in [0.1, 0.15) is 0 Å². The normalized spacial score (nSPS) is 18.6. The summed E-state index contributed by atoms with van der Waals surface area (Å²) >= 11 is 0. The fourth-order valence-corrected chi connectivity index (χ4v) is 1.19. The third-order valence-corrected chi connectivity index (χ3v) is 2.83. The van der Waals surface area contributed by atoms with Crippen molar-refractivity contribution in [2.45, 2.75) is 54.0 Å². The van der Waals surface area contributed by atoms with Gasteiger partial charge < -0.3 is 0 Å². The van der Waals surface area contributed by atoms with E-state index in [0.29, 0.717) is 12.0 Å². The van der Waals surface area contributed by atoms with Crippen molar-refractivity contribution in [3.63, 3.8) is 0 Å². The highest BCUT2D eigenvalue weighted by Gasteiger charge is 2.11. The number of aliphatic imine (C=N–C) groups is 1. The average Bonchev–Trinajstić information content (AvgIpc) is 2.14. The molecule has 0 fully saturated rings. The largest absolute Gasteiger partial charge is 0.291 e. The maximum atomic E-state index is 4.64. The maximum Gasteiger partial charge on any atom is 0.0533 e. The summed E-state index contributed by atoms with van der Waals surface area (Å²) in [6, 6.07) is 0.413. The van der Waals surface area contributed by atoms with Crippen LogP contribution in [0.1, 0.15) is 48.0 Å². The second-order valence-electron chi connectivity index (χ2n) is 3.78. The highest BCUT2D eigenvalue weighted by molar-refractivity contribution is 5.81. The molecule has 0 bridgehead atoms. The Morgan fingerprint density at radius 2 is 1.85 bits per heavy atom. The van der Waals surface area contributed by atoms with E-state index in [4.69, 9.17) is 0 Å². The third-order valence-electron chi connectivity index (χ3n) is 2.83. The van der Waals surface area contributed by atoms with Crippen LogP contribution in [0.25, 0.3) is 0 Å². The van der Waals surface area contributed by atoms with Gasteiger partial charge in [0.05, 0.1) is 6.04 Å². The van der Waals surface area contributed by atoms with Crippen LogP contribution >= 0.6 is 0 Å². The summed E-state index contributed by atoms with van der Waals surface area (Å²) in [6.07, 6.45) is 3.24. The van der Waals surface area contributed by atoms with Gasteiger partial charge in [0.2, 0.25) is 0 Å². The molecule has 13 heavy (non-hydrogen) atoms. The lowest BCUT2D eigenvalue weighted by atomic mass is 9.95. The van der Waals surface area contributed by atoms with Crippen molar-refractivity contribution in [1.82, 2.24) is 0 Å². The minimum absolute atomic E-state index is 0.413. The molecule has 0 saturated carbocycles. The van der Waals surface area contributed by atoms with E-state index >= 15 is 0 Å². The SMILES string of the molecule is C/C=C(\C)C(C)C(C)N=C(C)CC. The van der Waals surface area contributed by atoms with Crippen molar-refractivity contribution in [3.8, 4) is 0 Å². The molecule has 76 valence electrons. The molecule has 1 heteroatoms. The molecule has 0 amide bonds. The fourth-order valence-electron chi connectivity index (χ4n) is 1.19. The van der Waals surface area contributed by atoms with Crippen molar-refractivity contribution < 1.29 is 0 Å². The summed E-state index contributed by atoms with van der Waals surface area (Å²) in [7, 11) is 0. The quantitative estimate of drug-likeness (QED) is 0.461. The van der Waals surface area contributed by atoms with Crippen molar-refractivity contribution in [2.75, 3.05) is 0 Å². The molecule has 0 aromatic carbocycles. The predicted molar refractivity (Wildman–Crippen MR) is 61.5 cm³/mol. The molecule has 0 aliphatic carbocycles. The van der Waals surface area contributed by atoms with E-state index in [2.05, 4.69) is 52.6 Å². The zero-order valence-corrected chi connectivity index (χ0v) is 9.89. The van der Waals surface area contributed by atoms with Crippen LogP contribution in [0.15, 0.2) is 16.6 Å². The van der Waals surface area contributed by atoms with Crippen molar-refractivity contribution in [3.05, 3.63) is 11.6 Å². The molecule has 2 unspecified atom stereocenters. The van der Waals surface area contributed by atoms with Crippen LogP contribution in [0.5, 0.6) is 0 Å². The minimum atomic E-state index is 0.413. The van der Waals surface area contributed by atoms with Crippen molar-refractivity contribution in [1.29, 1.82) is 0 Å². The van der Waals surface area contributed by atoms with Crippen LogP contribution < -0.4 is 0 Å². The standard InChI is InChI=1S/C12H23N/c1-7-9(3)11(5)12(6)13-10(4)8-2/h7,11-12H,8H2,1-6H3/b9-7+,13-10?. The van der Waals surface area contributed by atoms with Gasteiger partial charge in [0, 0.05) is 5.71 Å². The Kier molecular flexibility index (Phi) is 5.68. The summed E-state index contributed by atoms with van der Waals surface area (Å²) in [5.74, 6) is 0.562. The van der Waals surface area contributed by atoms with Crippen LogP contribution in [0.2, 0.25) is 0 Å². The van der Waals surface area contributed by atoms with Crippen LogP contribution in [0.4, 0.5) is 0 Å². The van der Waals surface area contributed by atoms with E-state index in [1.807, 2.05) is 0 Å². The molecule has 0 aliphatic heterocycles. The van der Waals surface area contributed by atoms with Gasteiger partial charge in [0.15, 0.2) is 0 Å². The van der Waals surface area contributed by atoms with Gasteiger partial charge in [-0.1, -0.05) is 25.5 Å². The van der Waals surface area contributed by atoms with Crippen molar-refractivity contribution >= 4 is 5.71 Å². The summed E-state index contributed by atoms with van der Waals surface area (Å²) < 4.78 is 0. The molecular weight excluding hydrogens is 158 g/mol. The van der Waals surface area contributed by atoms with Gasteiger partial charge in [-0.2, -0.15) is 0 Å². The first kappa shape index (κ1) is 12.4. The average molecular weight is 181 g/mol. The van der Waals surface area contributed by atoms with Crippen LogP contribution in [0.3, 0.4) is 0 Å². The van der Waals surface area contributed by atoms with Crippen LogP contribution in [-0.2, 0) is 0 Å². The summed E-state index contributed by atoms with van der Waals surface area (Å²) in [5, 5.41) is 0. The first-order valence-corrected chi connectivity index (χ1v) is 5.19. The minimum Gasteiger partial charge on any atom is -0.291 e. The molecule has 0 radical (unpaired) electrons. The van der Waals surface area contributed by atoms with Gasteiger partial charge in [-0.3, -0.25) is 4.99 Å². The molecule has 1 nitrogen and oxygen atoms in total. The molecule has 0 N–H and O–H groups in total. The Bertz CT molecular complexity index is 201. The lowest BCUT2D eigenvalue weighted by molar-refractivity contribution is 0.554. The van der Waals surface area contributed by atoms with Gasteiger partial charge >= 0.3 is 0 Å². The number of allylic oxidation sites excluding steroid dienone is 1. The molecule has 0 saturated heterocycles. The van der Waals surface area contributed by atoms with Gasteiger partial charge in [-0.25, -0.2) is 0 Å². The summed E-state index contributed by atoms with van der Waals surface area (Å²) in [5.41, 5.74) is 2.68. The Labute approximate surface area is 83.0 Å². The van der Waals surface area contributed by atoms with Crippen molar-refractivity contribution in [2.24, 2.45) is 10.9 Å². The molecule has 2 atom stereocenters. The Morgan fingerprint density at radius 3 is 2.23 bits per heavy atom. The van der Waals surface area contributed by atoms with E-state index in [1.54, 1.807) is 0 Å². The van der Waals surface area contributed by atoms with Crippen LogP contribution in [-0.4, -0.2) is 11.8 Å². The molecular formula is C12H23N. The zero-order chi connectivity index (χ0) is 10.4. The second-order valence-corrected chi connectivity index (χ2v) is 3.78. The first-order valence-electron chi connectivity index (χ1n) is 5.19. The molecule has 0 aromatic heterocycles. The topological polar surface area (TPSA) is 12.4 Å². The van der Waals surface area contributed by atoms with E-state index in [1.165, 1.54) is 11.3 Å². The predicted octanol–water partition coefficient (Wildman–Crippen LogP) is 3.85. The van der Waals surface area contributed by atoms with E-state index in [0.717, 1.165) is 6.42 Å². The Morgan fingerprint density at radius 1 is 1.31 bits per heavy atom.